The molecule has 0 bridgehead atoms. The first-order chi connectivity index (χ1) is 16.5. The third kappa shape index (κ3) is 6.71. The van der Waals surface area contributed by atoms with Crippen molar-refractivity contribution >= 4 is 11.5 Å². The number of hydrogen-bond donors (Lipinski definition) is 1. The van der Waals surface area contributed by atoms with E-state index >= 15 is 0 Å². The van der Waals surface area contributed by atoms with E-state index in [9.17, 15) is 9.18 Å². The van der Waals surface area contributed by atoms with E-state index in [1.807, 2.05) is 0 Å². The number of rotatable bonds is 6. The largest absolute Gasteiger partial charge is 0.374 e. The quantitative estimate of drug-likeness (QED) is 0.692. The van der Waals surface area contributed by atoms with Crippen LogP contribution in [0.15, 0.2) is 52.6 Å². The van der Waals surface area contributed by atoms with E-state index in [0.29, 0.717) is 19.7 Å². The number of piperazine rings is 1. The summed E-state index contributed by atoms with van der Waals surface area (Å²) < 4.78 is 19.0. The molecule has 0 saturated carbocycles. The number of amides is 1. The number of nitrogens with zero attached hydrogens (tertiary/aromatic N) is 5. The molecule has 1 amide bonds. The van der Waals surface area contributed by atoms with E-state index in [0.717, 1.165) is 62.6 Å². The van der Waals surface area contributed by atoms with Crippen molar-refractivity contribution in [2.45, 2.75) is 19.4 Å². The SMILES string of the molecule is CC1C/C=C(N2CCN(CC(=O)NCC3CN(C)CCO3)CC2)/N=N\C=C/1c1ccc(F)cc1. The summed E-state index contributed by atoms with van der Waals surface area (Å²) in [6.07, 6.45) is 4.82. The highest BCUT2D eigenvalue weighted by Gasteiger charge is 2.23. The Hall–Kier alpha value is -2.62. The zero-order chi connectivity index (χ0) is 23.9. The summed E-state index contributed by atoms with van der Waals surface area (Å²) in [7, 11) is 2.07. The van der Waals surface area contributed by atoms with Gasteiger partial charge in [0.15, 0.2) is 0 Å². The minimum atomic E-state index is -0.241. The van der Waals surface area contributed by atoms with Crippen molar-refractivity contribution in [2.24, 2.45) is 16.1 Å². The fraction of sp³-hybridized carbons (Fsp3) is 0.560. The average molecular weight is 471 g/mol. The van der Waals surface area contributed by atoms with Crippen LogP contribution in [0.3, 0.4) is 0 Å². The molecule has 3 aliphatic rings. The molecule has 1 aromatic carbocycles. The zero-order valence-corrected chi connectivity index (χ0v) is 20.1. The molecular weight excluding hydrogens is 435 g/mol. The Morgan fingerprint density at radius 1 is 1.18 bits per heavy atom. The van der Waals surface area contributed by atoms with Crippen molar-refractivity contribution in [3.05, 3.63) is 53.7 Å². The van der Waals surface area contributed by atoms with Crippen molar-refractivity contribution in [1.82, 2.24) is 20.0 Å². The van der Waals surface area contributed by atoms with Crippen LogP contribution in [0.4, 0.5) is 4.39 Å². The maximum absolute atomic E-state index is 13.3. The zero-order valence-electron chi connectivity index (χ0n) is 20.1. The van der Waals surface area contributed by atoms with Crippen molar-refractivity contribution in [3.63, 3.8) is 0 Å². The van der Waals surface area contributed by atoms with Crippen LogP contribution in [0.25, 0.3) is 5.57 Å². The van der Waals surface area contributed by atoms with Gasteiger partial charge in [0, 0.05) is 45.8 Å². The third-order valence-corrected chi connectivity index (χ3v) is 6.65. The molecule has 3 aliphatic heterocycles. The van der Waals surface area contributed by atoms with Gasteiger partial charge in [-0.3, -0.25) is 9.69 Å². The average Bonchev–Trinajstić information content (AvgIpc) is 2.82. The van der Waals surface area contributed by atoms with Crippen molar-refractivity contribution in [2.75, 3.05) is 66.0 Å². The smallest absolute Gasteiger partial charge is 0.234 e. The summed E-state index contributed by atoms with van der Waals surface area (Å²) in [5.41, 5.74) is 2.03. The van der Waals surface area contributed by atoms with Gasteiger partial charge in [-0.2, -0.15) is 5.11 Å². The number of hydrogen-bond acceptors (Lipinski definition) is 7. The second-order valence-corrected chi connectivity index (χ2v) is 9.33. The van der Waals surface area contributed by atoms with Crippen molar-refractivity contribution < 1.29 is 13.9 Å². The Morgan fingerprint density at radius 3 is 2.68 bits per heavy atom. The summed E-state index contributed by atoms with van der Waals surface area (Å²) in [4.78, 5) is 19.0. The maximum Gasteiger partial charge on any atom is 0.234 e. The maximum atomic E-state index is 13.3. The third-order valence-electron chi connectivity index (χ3n) is 6.65. The van der Waals surface area contributed by atoms with Gasteiger partial charge in [-0.25, -0.2) is 4.39 Å². The second kappa shape index (κ2) is 11.7. The molecule has 0 aliphatic carbocycles. The van der Waals surface area contributed by atoms with Gasteiger partial charge in [-0.15, -0.1) is 5.11 Å². The first kappa shape index (κ1) is 24.5. The van der Waals surface area contributed by atoms with E-state index in [4.69, 9.17) is 4.74 Å². The number of halogens is 1. The highest BCUT2D eigenvalue weighted by Crippen LogP contribution is 2.29. The topological polar surface area (TPSA) is 72.8 Å². The summed E-state index contributed by atoms with van der Waals surface area (Å²) in [6.45, 7) is 8.82. The molecule has 34 heavy (non-hydrogen) atoms. The fourth-order valence-corrected chi connectivity index (χ4v) is 4.53. The van der Waals surface area contributed by atoms with Crippen molar-refractivity contribution in [3.8, 4) is 0 Å². The summed E-state index contributed by atoms with van der Waals surface area (Å²) in [5.74, 6) is 0.929. The van der Waals surface area contributed by atoms with Crippen LogP contribution in [0, 0.1) is 11.7 Å². The number of morpholine rings is 1. The van der Waals surface area contributed by atoms with Crippen LogP contribution in [0.2, 0.25) is 0 Å². The molecule has 3 heterocycles. The Kier molecular flexibility index (Phi) is 8.42. The Morgan fingerprint density at radius 2 is 1.94 bits per heavy atom. The number of likely N-dealkylation sites (N-methyl/N-ethyl adjacent to an activating group) is 1. The van der Waals surface area contributed by atoms with Gasteiger partial charge in [0.05, 0.1) is 25.5 Å². The van der Waals surface area contributed by atoms with Crippen LogP contribution in [0.5, 0.6) is 0 Å². The second-order valence-electron chi connectivity index (χ2n) is 9.33. The Labute approximate surface area is 201 Å². The number of carbonyl (C=O) groups is 1. The minimum Gasteiger partial charge on any atom is -0.374 e. The normalized spacial score (nSPS) is 28.7. The van der Waals surface area contributed by atoms with Gasteiger partial charge < -0.3 is 19.9 Å². The number of allylic oxidation sites excluding steroid dienone is 2. The molecule has 0 spiro atoms. The monoisotopic (exact) mass is 470 g/mol. The molecule has 1 aromatic rings. The molecule has 0 aromatic heterocycles. The van der Waals surface area contributed by atoms with Crippen molar-refractivity contribution in [1.29, 1.82) is 0 Å². The predicted octanol–water partition coefficient (Wildman–Crippen LogP) is 2.56. The Balaban J connectivity index is 1.24. The van der Waals surface area contributed by atoms with Gasteiger partial charge >= 0.3 is 0 Å². The van der Waals surface area contributed by atoms with Crippen LogP contribution < -0.4 is 5.32 Å². The standard InChI is InChI=1S/C25H35FN6O2/c1-19-3-8-24(29-28-16-23(19)20-4-6-21(26)7-5-20)32-11-9-31(10-12-32)18-25(33)27-15-22-17-30(2)13-14-34-22/h4-8,16,19,22H,3,9-15,17-18H2,1-2H3,(H,27,33)/b23-16+,24-8-,29-28-. The highest BCUT2D eigenvalue weighted by atomic mass is 19.1. The highest BCUT2D eigenvalue weighted by molar-refractivity contribution is 5.78. The van der Waals surface area contributed by atoms with Crippen LogP contribution >= 0.6 is 0 Å². The van der Waals surface area contributed by atoms with Gasteiger partial charge in [-0.05, 0) is 48.7 Å². The Bertz CT molecular complexity index is 924. The lowest BCUT2D eigenvalue weighted by molar-refractivity contribution is -0.123. The molecule has 2 atom stereocenters. The number of benzene rings is 1. The number of ether oxygens (including phenoxy) is 1. The minimum absolute atomic E-state index is 0.0439. The molecule has 0 radical (unpaired) electrons. The molecule has 9 heteroatoms. The lowest BCUT2D eigenvalue weighted by Crippen LogP contribution is -2.50. The molecule has 2 fully saturated rings. The van der Waals surface area contributed by atoms with Crippen LogP contribution in [-0.4, -0.2) is 92.7 Å². The lowest BCUT2D eigenvalue weighted by atomic mass is 9.92. The number of azo groups is 1. The van der Waals surface area contributed by atoms with Crippen LogP contribution in [-0.2, 0) is 9.53 Å². The molecule has 4 rings (SSSR count). The van der Waals surface area contributed by atoms with E-state index in [-0.39, 0.29) is 23.7 Å². The first-order valence-electron chi connectivity index (χ1n) is 12.1. The molecule has 2 saturated heterocycles. The van der Waals surface area contributed by atoms with Gasteiger partial charge in [0.1, 0.15) is 11.6 Å². The molecule has 184 valence electrons. The van der Waals surface area contributed by atoms with Gasteiger partial charge in [-0.1, -0.05) is 19.1 Å². The van der Waals surface area contributed by atoms with E-state index in [1.54, 1.807) is 18.3 Å². The first-order valence-corrected chi connectivity index (χ1v) is 12.1. The predicted molar refractivity (Wildman–Crippen MR) is 129 cm³/mol. The summed E-state index contributed by atoms with van der Waals surface area (Å²) >= 11 is 0. The summed E-state index contributed by atoms with van der Waals surface area (Å²) in [6, 6.07) is 6.52. The summed E-state index contributed by atoms with van der Waals surface area (Å²) in [5, 5.41) is 11.8. The fourth-order valence-electron chi connectivity index (χ4n) is 4.53. The van der Waals surface area contributed by atoms with Gasteiger partial charge in [0.25, 0.3) is 0 Å². The van der Waals surface area contributed by atoms with E-state index in [2.05, 4.69) is 50.3 Å². The van der Waals surface area contributed by atoms with E-state index in [1.165, 1.54) is 12.1 Å². The molecule has 1 N–H and O–H groups in total. The van der Waals surface area contributed by atoms with E-state index < -0.39 is 0 Å². The molecule has 2 unspecified atom stereocenters. The lowest BCUT2D eigenvalue weighted by Gasteiger charge is -2.35. The molecular formula is C25H35FN6O2. The molecule has 8 nitrogen and oxygen atoms in total. The number of carbonyl (C=O) groups excluding carboxylic acids is 1. The van der Waals surface area contributed by atoms with Crippen LogP contribution in [0.1, 0.15) is 18.9 Å². The van der Waals surface area contributed by atoms with Gasteiger partial charge in [0.2, 0.25) is 5.91 Å². The number of nitrogens with one attached hydrogen (secondary N) is 1.